The highest BCUT2D eigenvalue weighted by molar-refractivity contribution is 7.71. The molecule has 0 aromatic carbocycles. The minimum atomic E-state index is -6.45. The Morgan fingerprint density at radius 2 is 0.889 bits per heavy atom. The van der Waals surface area contributed by atoms with Gasteiger partial charge in [0.15, 0.2) is 35.4 Å². The zero-order valence-corrected chi connectivity index (χ0v) is 42.7. The molecule has 2 saturated heterocycles. The molecule has 0 saturated carbocycles. The minimum absolute atomic E-state index is 0.0283. The summed E-state index contributed by atoms with van der Waals surface area (Å²) in [5.74, 6) is -0.113. The van der Waals surface area contributed by atoms with Gasteiger partial charge in [0.2, 0.25) is 0 Å². The van der Waals surface area contributed by atoms with Crippen LogP contribution in [0, 0.1) is 0 Å². The Balaban J connectivity index is 0.000000798. The van der Waals surface area contributed by atoms with Crippen molar-refractivity contribution in [2.24, 2.45) is 0 Å². The van der Waals surface area contributed by atoms with Crippen LogP contribution in [0.5, 0.6) is 0 Å². The highest BCUT2D eigenvalue weighted by Gasteiger charge is 2.52. The first-order valence-corrected chi connectivity index (χ1v) is 27.4. The fraction of sp³-hybridized carbons (Fsp3) is 0.655. The third-order valence-electron chi connectivity index (χ3n) is 8.87. The van der Waals surface area contributed by atoms with Crippen LogP contribution in [0.15, 0.2) is 25.3 Å². The molecule has 19 N–H and O–H groups in total. The molecule has 0 amide bonds. The van der Waals surface area contributed by atoms with Gasteiger partial charge in [0.25, 0.3) is 0 Å². The average Bonchev–Trinajstić information content (AvgIpc) is 4.03. The maximum absolute atomic E-state index is 13.9. The van der Waals surface area contributed by atoms with Gasteiger partial charge in [0.1, 0.15) is 79.0 Å². The summed E-state index contributed by atoms with van der Waals surface area (Å²) in [7, 11) is -25.7. The standard InChI is InChI=1S/C20H29N10O22P5.3C3H9NO/c21-15-9-17(25-3-23-15)29(5-27-9)19-13(33)11(31)7(47-19)1-45-57(44,52-56(42,43)51-55(40,41)50-54(38,39)49-53(35,36)37)46-2-8-12(32)14(34)20(48-8)30-6-28-10-16(22)24-4-26-18(10)30;3*1-3(5)4-2/h3-8,11-14,19-20,31-34H,1-2H2,(H,38,39)(H,40,41)(H,42,43)(H2,21,23,25)(H2,22,24,26)(H2,35,36,37);3*3-5H,1-2H3/t7-,8-,11?,12?,13?,14?,19-,20-,57?;;;/m1.../s1. The summed E-state index contributed by atoms with van der Waals surface area (Å²) in [5, 5.41) is 75.5. The topological polar surface area (TPSA) is 577 Å². The van der Waals surface area contributed by atoms with Gasteiger partial charge in [0, 0.05) is 0 Å². The average molecular weight is 1140 g/mol. The summed E-state index contributed by atoms with van der Waals surface area (Å²) < 4.78 is 100. The third-order valence-corrected chi connectivity index (χ3v) is 16.4. The molecule has 2 fully saturated rings. The number of nitrogens with one attached hydrogen (secondary N) is 3. The van der Waals surface area contributed by atoms with Gasteiger partial charge in [-0.25, -0.2) is 52.7 Å². The van der Waals surface area contributed by atoms with Crippen molar-refractivity contribution in [2.75, 3.05) is 45.8 Å². The largest absolute Gasteiger partial charge is 0.490 e. The van der Waals surface area contributed by atoms with E-state index < -0.39 is 101 Å². The monoisotopic (exact) mass is 1140 g/mol. The smallest absolute Gasteiger partial charge is 0.387 e. The SMILES string of the molecule is CNC(C)O.CNC(C)O.CNC(C)O.Nc1ncnc2c1ncn2[C@@H]1O[C@H](COP(=O)(OC[C@H]2O[C@@H](n3cnc4c(N)ncnc43)C(O)C2O)OP(=O)(O)OP(=O)(O)OP(=O)(O)OP(=O)(O)O)C(O)C1O. The summed E-state index contributed by atoms with van der Waals surface area (Å²) >= 11 is 0. The molecular weight excluding hydrogens is 1090 g/mol. The van der Waals surface area contributed by atoms with E-state index in [9.17, 15) is 57.9 Å². The van der Waals surface area contributed by atoms with Gasteiger partial charge in [0.05, 0.1) is 25.9 Å². The Morgan fingerprint density at radius 3 is 1.21 bits per heavy atom. The lowest BCUT2D eigenvalue weighted by Crippen LogP contribution is -2.34. The van der Waals surface area contributed by atoms with Crippen molar-refractivity contribution in [1.29, 1.82) is 0 Å². The van der Waals surface area contributed by atoms with Crippen molar-refractivity contribution in [1.82, 2.24) is 55.0 Å². The number of phosphoric acid groups is 5. The van der Waals surface area contributed by atoms with E-state index in [0.29, 0.717) is 0 Å². The maximum atomic E-state index is 13.9. The maximum Gasteiger partial charge on any atom is 0.490 e. The van der Waals surface area contributed by atoms with Gasteiger partial charge in [-0.2, -0.15) is 17.2 Å². The molecule has 0 radical (unpaired) electrons. The number of rotatable bonds is 19. The highest BCUT2D eigenvalue weighted by Crippen LogP contribution is 2.74. The molecule has 38 nitrogen and oxygen atoms in total. The van der Waals surface area contributed by atoms with E-state index in [1.165, 1.54) is 0 Å². The number of phosphoric ester groups is 1. The van der Waals surface area contributed by atoms with E-state index in [1.807, 2.05) is 0 Å². The van der Waals surface area contributed by atoms with Crippen LogP contribution < -0.4 is 27.4 Å². The number of aromatic nitrogens is 8. The lowest BCUT2D eigenvalue weighted by atomic mass is 10.1. The van der Waals surface area contributed by atoms with Gasteiger partial charge >= 0.3 is 39.1 Å². The zero-order valence-electron chi connectivity index (χ0n) is 38.2. The molecule has 0 spiro atoms. The van der Waals surface area contributed by atoms with E-state index in [-0.39, 0.29) is 52.6 Å². The minimum Gasteiger partial charge on any atom is -0.387 e. The van der Waals surface area contributed by atoms with Crippen LogP contribution in [0.4, 0.5) is 11.6 Å². The zero-order chi connectivity index (χ0) is 54.7. The number of nitrogens with two attached hydrogens (primary N) is 2. The Kier molecular flexibility index (Phi) is 23.4. The van der Waals surface area contributed by atoms with E-state index in [4.69, 9.17) is 55.1 Å². The first kappa shape index (κ1) is 63.2. The van der Waals surface area contributed by atoms with Crippen LogP contribution in [0.1, 0.15) is 33.2 Å². The van der Waals surface area contributed by atoms with E-state index in [0.717, 1.165) is 34.4 Å². The van der Waals surface area contributed by atoms with Gasteiger partial charge in [-0.1, -0.05) is 0 Å². The fourth-order valence-corrected chi connectivity index (χ4v) is 11.7. The molecular formula is C29H56N13O25P5. The van der Waals surface area contributed by atoms with Gasteiger partial charge < -0.3 is 81.2 Å². The first-order chi connectivity index (χ1) is 33.2. The Bertz CT molecular complexity index is 2480. The molecule has 4 aromatic rings. The number of fused-ring (bicyclic) bond motifs is 2. The highest BCUT2D eigenvalue weighted by atomic mass is 31.3. The fourth-order valence-electron chi connectivity index (χ4n) is 5.29. The van der Waals surface area contributed by atoms with Crippen LogP contribution in [-0.2, 0) is 58.6 Å². The summed E-state index contributed by atoms with van der Waals surface area (Å²) in [6.45, 7) is 2.62. The first-order valence-electron chi connectivity index (χ1n) is 19.9. The number of ether oxygens (including phenoxy) is 2. The molecule has 43 heteroatoms. The van der Waals surface area contributed by atoms with Crippen LogP contribution in [0.3, 0.4) is 0 Å². The predicted molar refractivity (Wildman–Crippen MR) is 239 cm³/mol. The molecule has 2 aliphatic rings. The number of nitrogen functional groups attached to an aromatic ring is 2. The molecule has 6 rings (SSSR count). The van der Waals surface area contributed by atoms with Crippen LogP contribution in [0.2, 0.25) is 0 Å². The van der Waals surface area contributed by atoms with Crippen LogP contribution >= 0.6 is 39.1 Å². The summed E-state index contributed by atoms with van der Waals surface area (Å²) in [4.78, 5) is 70.4. The van der Waals surface area contributed by atoms with Crippen molar-refractivity contribution in [3.05, 3.63) is 25.3 Å². The van der Waals surface area contributed by atoms with Crippen molar-refractivity contribution in [3.63, 3.8) is 0 Å². The molecule has 412 valence electrons. The van der Waals surface area contributed by atoms with Gasteiger partial charge in [-0.05, 0) is 41.9 Å². The molecule has 0 aliphatic carbocycles. The second-order valence-corrected chi connectivity index (χ2v) is 22.2. The number of aliphatic hydroxyl groups excluding tert-OH is 7. The third kappa shape index (κ3) is 18.6. The Labute approximate surface area is 405 Å². The number of nitrogens with zero attached hydrogens (tertiary/aromatic N) is 8. The van der Waals surface area contributed by atoms with Crippen molar-refractivity contribution in [3.8, 4) is 0 Å². The molecule has 4 aromatic heterocycles. The summed E-state index contributed by atoms with van der Waals surface area (Å²) in [5.41, 5.74) is 11.8. The lowest BCUT2D eigenvalue weighted by molar-refractivity contribution is -0.0607. The normalized spacial score (nSPS) is 26.8. The van der Waals surface area contributed by atoms with Gasteiger partial charge in [-0.15, -0.1) is 0 Å². The quantitative estimate of drug-likeness (QED) is 0.0317. The second-order valence-electron chi connectivity index (χ2n) is 14.4. The predicted octanol–water partition coefficient (Wildman–Crippen LogP) is -3.70. The molecule has 0 bridgehead atoms. The van der Waals surface area contributed by atoms with Gasteiger partial charge in [-0.3, -0.25) is 34.1 Å². The number of hydrogen-bond donors (Lipinski definition) is 17. The summed E-state index contributed by atoms with van der Waals surface area (Å²) in [6, 6.07) is 0. The van der Waals surface area contributed by atoms with Crippen LogP contribution in [0.25, 0.3) is 22.3 Å². The molecule has 2 aliphatic heterocycles. The lowest BCUT2D eigenvalue weighted by Gasteiger charge is -2.24. The second kappa shape index (κ2) is 26.6. The van der Waals surface area contributed by atoms with Crippen LogP contribution in [-0.4, -0.2) is 189 Å². The number of anilines is 2. The van der Waals surface area contributed by atoms with E-state index in [2.05, 4.69) is 63.1 Å². The van der Waals surface area contributed by atoms with E-state index >= 15 is 0 Å². The molecule has 72 heavy (non-hydrogen) atoms. The Hall–Kier alpha value is -3.07. The van der Waals surface area contributed by atoms with Crippen molar-refractivity contribution >= 4 is 73.1 Å². The van der Waals surface area contributed by atoms with Crippen molar-refractivity contribution in [2.45, 2.75) is 88.5 Å². The molecule has 6 heterocycles. The van der Waals surface area contributed by atoms with Crippen molar-refractivity contribution < 1.29 is 119 Å². The number of hydrogen-bond acceptors (Lipinski definition) is 31. The Morgan fingerprint density at radius 1 is 0.569 bits per heavy atom. The van der Waals surface area contributed by atoms with E-state index in [1.54, 1.807) is 41.9 Å². The molecule has 14 atom stereocenters. The summed E-state index contributed by atoms with van der Waals surface area (Å²) in [6.07, 6.45) is -10.6. The molecule has 10 unspecified atom stereocenters. The number of imidazole rings is 2. The number of aliphatic hydroxyl groups is 7.